The molecule has 2 atom stereocenters. The van der Waals surface area contributed by atoms with Crippen molar-refractivity contribution in [2.24, 2.45) is 11.3 Å². The SMILES string of the molecule is CCCCCCCCCCCCCCCCCCCCCCCCCCCC(CCCCCCCCCCCCCCCCCCCCCCCCC)(CCCCCCCCCCCCCCCCCCCCCCCCCC)C(CCCCCCCCCCCCCCCCCCCCCCCC)CCCCCCCCCCCCCCCCCCCCCCCCCC. The van der Waals surface area contributed by atoms with Crippen LogP contribution >= 0.6 is 0 Å². The van der Waals surface area contributed by atoms with Crippen LogP contribution in [0, 0.1) is 11.3 Å². The Morgan fingerprint density at radius 2 is 0.154 bits per heavy atom. The third-order valence-electron chi connectivity index (χ3n) is 32.8. The van der Waals surface area contributed by atoms with Crippen LogP contribution in [0.4, 0.5) is 0 Å². The summed E-state index contributed by atoms with van der Waals surface area (Å²) in [6.07, 6.45) is 184. The molecule has 0 heterocycles. The van der Waals surface area contributed by atoms with E-state index in [1.807, 2.05) is 0 Å². The minimum absolute atomic E-state index is 0.590. The van der Waals surface area contributed by atoms with E-state index < -0.39 is 0 Å². The molecule has 0 radical (unpaired) electrons. The molecule has 0 aromatic carbocycles. The summed E-state index contributed by atoms with van der Waals surface area (Å²) in [4.78, 5) is 0. The Kier molecular flexibility index (Phi) is 121. The normalized spacial score (nSPS) is 12.6. The first-order valence-electron chi connectivity index (χ1n) is 64.7. The van der Waals surface area contributed by atoms with Gasteiger partial charge in [-0.2, -0.15) is 0 Å². The van der Waals surface area contributed by atoms with Crippen molar-refractivity contribution in [3.63, 3.8) is 0 Å². The zero-order valence-corrected chi connectivity index (χ0v) is 93.1. The largest absolute Gasteiger partial charge is 0.0654 e. The average molecular weight is 1830 g/mol. The van der Waals surface area contributed by atoms with Gasteiger partial charge in [0.1, 0.15) is 0 Å². The minimum atomic E-state index is 0.590. The smallest absolute Gasteiger partial charge is 0.0269 e. The molecule has 130 heavy (non-hydrogen) atoms. The predicted octanol–water partition coefficient (Wildman–Crippen LogP) is 50.7. The van der Waals surface area contributed by atoms with Gasteiger partial charge in [0, 0.05) is 0 Å². The van der Waals surface area contributed by atoms with Crippen molar-refractivity contribution in [2.75, 3.05) is 0 Å². The summed E-state index contributed by atoms with van der Waals surface area (Å²) in [6, 6.07) is 0. The summed E-state index contributed by atoms with van der Waals surface area (Å²) in [7, 11) is 0. The fourth-order valence-corrected chi connectivity index (χ4v) is 23.4. The van der Waals surface area contributed by atoms with E-state index in [1.54, 1.807) is 32.1 Å². The van der Waals surface area contributed by atoms with Crippen molar-refractivity contribution < 1.29 is 0 Å². The van der Waals surface area contributed by atoms with Crippen LogP contribution in [-0.2, 0) is 0 Å². The number of hydrogen-bond acceptors (Lipinski definition) is 0. The molecule has 0 spiro atoms. The van der Waals surface area contributed by atoms with Gasteiger partial charge in [-0.15, -0.1) is 0 Å². The van der Waals surface area contributed by atoms with Gasteiger partial charge in [0.25, 0.3) is 0 Å². The molecule has 0 aliphatic carbocycles. The first-order valence-corrected chi connectivity index (χ1v) is 64.7. The molecule has 0 amide bonds. The Labute approximate surface area is 830 Å². The first-order chi connectivity index (χ1) is 64.7. The third kappa shape index (κ3) is 110. The van der Waals surface area contributed by atoms with Crippen molar-refractivity contribution in [2.45, 2.75) is 824 Å². The highest BCUT2D eigenvalue weighted by Crippen LogP contribution is 2.49. The van der Waals surface area contributed by atoms with E-state index in [0.29, 0.717) is 5.41 Å². The van der Waals surface area contributed by atoms with Gasteiger partial charge >= 0.3 is 0 Å². The maximum absolute atomic E-state index is 2.34. The molecular weight excluding hydrogens is 1560 g/mol. The Hall–Kier alpha value is 0. The number of hydrogen-bond donors (Lipinski definition) is 0. The maximum Gasteiger partial charge on any atom is -0.0269 e. The first kappa shape index (κ1) is 130. The molecule has 0 aromatic rings. The van der Waals surface area contributed by atoms with E-state index in [4.69, 9.17) is 0 Å². The van der Waals surface area contributed by atoms with Gasteiger partial charge in [-0.1, -0.05) is 792 Å². The molecule has 782 valence electrons. The number of rotatable bonds is 124. The van der Waals surface area contributed by atoms with Crippen LogP contribution < -0.4 is 0 Å². The summed E-state index contributed by atoms with van der Waals surface area (Å²) < 4.78 is 0. The molecule has 0 rings (SSSR count). The Balaban J connectivity index is 6.01. The zero-order valence-electron chi connectivity index (χ0n) is 93.1. The van der Waals surface area contributed by atoms with Gasteiger partial charge < -0.3 is 0 Å². The van der Waals surface area contributed by atoms with Gasteiger partial charge in [-0.3, -0.25) is 0 Å². The molecule has 0 fully saturated rings. The van der Waals surface area contributed by atoms with Crippen molar-refractivity contribution in [1.29, 1.82) is 0 Å². The minimum Gasteiger partial charge on any atom is -0.0654 e. The van der Waals surface area contributed by atoms with Crippen LogP contribution in [0.3, 0.4) is 0 Å². The zero-order chi connectivity index (χ0) is 93.1. The van der Waals surface area contributed by atoms with Gasteiger partial charge in [-0.25, -0.2) is 0 Å². The number of unbranched alkanes of at least 4 members (excludes halogenated alkanes) is 113. The van der Waals surface area contributed by atoms with Gasteiger partial charge in [-0.05, 0) is 43.4 Å². The van der Waals surface area contributed by atoms with Crippen molar-refractivity contribution in [3.8, 4) is 0 Å². The van der Waals surface area contributed by atoms with E-state index in [2.05, 4.69) is 34.6 Å². The second kappa shape index (κ2) is 121. The summed E-state index contributed by atoms with van der Waals surface area (Å²) >= 11 is 0. The lowest BCUT2D eigenvalue weighted by Crippen LogP contribution is -2.32. The lowest BCUT2D eigenvalue weighted by atomic mass is 9.62. The van der Waals surface area contributed by atoms with E-state index >= 15 is 0 Å². The van der Waals surface area contributed by atoms with Gasteiger partial charge in [0.05, 0.1) is 0 Å². The van der Waals surface area contributed by atoms with E-state index in [-0.39, 0.29) is 0 Å². The molecule has 0 aliphatic heterocycles. The summed E-state index contributed by atoms with van der Waals surface area (Å²) in [6.45, 7) is 11.7. The molecular formula is C130H262. The van der Waals surface area contributed by atoms with Crippen LogP contribution in [0.5, 0.6) is 0 Å². The van der Waals surface area contributed by atoms with Crippen LogP contribution in [0.2, 0.25) is 0 Å². The molecule has 0 N–H and O–H groups in total. The van der Waals surface area contributed by atoms with Crippen LogP contribution in [0.25, 0.3) is 0 Å². The third-order valence-corrected chi connectivity index (χ3v) is 32.8. The van der Waals surface area contributed by atoms with E-state index in [9.17, 15) is 0 Å². The molecule has 2 unspecified atom stereocenters. The van der Waals surface area contributed by atoms with Gasteiger partial charge in [0.2, 0.25) is 0 Å². The molecule has 0 saturated heterocycles. The Bertz CT molecular complexity index is 1830. The van der Waals surface area contributed by atoms with Crippen molar-refractivity contribution >= 4 is 0 Å². The topological polar surface area (TPSA) is 0 Å². The fraction of sp³-hybridized carbons (Fsp3) is 1.00. The summed E-state index contributed by atoms with van der Waals surface area (Å²) in [5.74, 6) is 0.968. The maximum atomic E-state index is 2.34. The second-order valence-corrected chi connectivity index (χ2v) is 45.8. The fourth-order valence-electron chi connectivity index (χ4n) is 23.4. The molecule has 0 bridgehead atoms. The molecule has 0 saturated carbocycles. The highest BCUT2D eigenvalue weighted by molar-refractivity contribution is 4.88. The quantitative estimate of drug-likeness (QED) is 0.0533. The monoisotopic (exact) mass is 1820 g/mol. The second-order valence-electron chi connectivity index (χ2n) is 45.8. The van der Waals surface area contributed by atoms with Crippen LogP contribution in [0.15, 0.2) is 0 Å². The Morgan fingerprint density at radius 1 is 0.0846 bits per heavy atom. The van der Waals surface area contributed by atoms with E-state index in [1.165, 1.54) is 758 Å². The average Bonchev–Trinajstić information content (AvgIpc) is 0.823. The highest BCUT2D eigenvalue weighted by Gasteiger charge is 2.37. The lowest BCUT2D eigenvalue weighted by molar-refractivity contribution is 0.0813. The Morgan fingerprint density at radius 3 is 0.238 bits per heavy atom. The standard InChI is InChI=1S/C130H262/c1-6-11-16-21-26-31-36-41-46-51-56-61-66-69-73-78-83-88-93-98-103-108-113-118-123-128-130(126-121-116-111-106-101-96-91-86-81-76-71-64-59-54-49-44-39-34-29-24-19-14-9-4,127-122-117-112-107-102-97-92-87-82-77-72-68-63-58-53-48-43-38-33-28-23-18-13-8-3)129(124-119-114-109-104-99-94-89-84-79-74-65-60-55-50-45-40-35-30-25-20-15-10-5)125-120-115-110-105-100-95-90-85-80-75-70-67-62-57-52-47-42-37-32-27-22-17-12-7-2/h129H,6-128H2,1-5H3. The molecule has 0 nitrogen and oxygen atoms in total. The van der Waals surface area contributed by atoms with E-state index in [0.717, 1.165) is 5.92 Å². The lowest BCUT2D eigenvalue weighted by Gasteiger charge is -2.43. The molecule has 0 heteroatoms. The van der Waals surface area contributed by atoms with Crippen LogP contribution in [0.1, 0.15) is 824 Å². The van der Waals surface area contributed by atoms with Crippen molar-refractivity contribution in [1.82, 2.24) is 0 Å². The van der Waals surface area contributed by atoms with Crippen LogP contribution in [-0.4, -0.2) is 0 Å². The predicted molar refractivity (Wildman–Crippen MR) is 602 cm³/mol. The molecule has 0 aliphatic rings. The molecule has 0 aromatic heterocycles. The highest BCUT2D eigenvalue weighted by atomic mass is 14.4. The van der Waals surface area contributed by atoms with Crippen molar-refractivity contribution in [3.05, 3.63) is 0 Å². The summed E-state index contributed by atoms with van der Waals surface area (Å²) in [5.41, 5.74) is 0.590. The van der Waals surface area contributed by atoms with Gasteiger partial charge in [0.15, 0.2) is 0 Å². The summed E-state index contributed by atoms with van der Waals surface area (Å²) in [5, 5.41) is 0.